The van der Waals surface area contributed by atoms with Gasteiger partial charge in [0.25, 0.3) is 0 Å². The predicted molar refractivity (Wildman–Crippen MR) is 85.9 cm³/mol. The molecule has 1 rings (SSSR count). The van der Waals surface area contributed by atoms with Crippen molar-refractivity contribution in [3.63, 3.8) is 0 Å². The first-order valence-electron chi connectivity index (χ1n) is 8.38. The minimum absolute atomic E-state index is 0.00132. The molecule has 0 aliphatic carbocycles. The van der Waals surface area contributed by atoms with Crippen molar-refractivity contribution in [2.75, 3.05) is 0 Å². The zero-order valence-electron chi connectivity index (χ0n) is 14.7. The maximum Gasteiger partial charge on any atom is 0.249 e. The maximum atomic E-state index is 13.2. The molecule has 21 heavy (non-hydrogen) atoms. The van der Waals surface area contributed by atoms with E-state index in [-0.39, 0.29) is 29.3 Å². The minimum Gasteiger partial charge on any atom is -0.340 e. The summed E-state index contributed by atoms with van der Waals surface area (Å²) in [5, 5.41) is 3.03. The fourth-order valence-electron chi connectivity index (χ4n) is 3.34. The summed E-state index contributed by atoms with van der Waals surface area (Å²) in [6, 6.07) is -0.367. The number of hydrogen-bond acceptors (Lipinski definition) is 2. The van der Waals surface area contributed by atoms with Crippen LogP contribution in [0.2, 0.25) is 0 Å². The SMILES string of the molecule is CCC1(CC)NC(=O)C(C(C)C)N(C(C)(CC)CC)C1=O. The van der Waals surface area contributed by atoms with E-state index in [1.165, 1.54) is 0 Å². The molecule has 1 aliphatic rings. The van der Waals surface area contributed by atoms with E-state index in [2.05, 4.69) is 26.1 Å². The molecule has 1 unspecified atom stereocenters. The Hall–Kier alpha value is -1.06. The highest BCUT2D eigenvalue weighted by molar-refractivity contribution is 6.00. The number of nitrogens with zero attached hydrogens (tertiary/aromatic N) is 1. The van der Waals surface area contributed by atoms with Gasteiger partial charge in [0.2, 0.25) is 11.8 Å². The zero-order chi connectivity index (χ0) is 16.4. The van der Waals surface area contributed by atoms with E-state index in [1.54, 1.807) is 0 Å². The molecule has 0 bridgehead atoms. The standard InChI is InChI=1S/C17H32N2O2/c1-8-16(7,9-2)19-13(12(5)6)14(20)18-17(10-3,11-4)15(19)21/h12-13H,8-11H2,1-7H3,(H,18,20). The van der Waals surface area contributed by atoms with Crippen molar-refractivity contribution < 1.29 is 9.59 Å². The smallest absolute Gasteiger partial charge is 0.249 e. The number of hydrogen-bond donors (Lipinski definition) is 1. The van der Waals surface area contributed by atoms with Gasteiger partial charge in [-0.3, -0.25) is 9.59 Å². The number of rotatable bonds is 6. The monoisotopic (exact) mass is 296 g/mol. The van der Waals surface area contributed by atoms with Gasteiger partial charge >= 0.3 is 0 Å². The topological polar surface area (TPSA) is 49.4 Å². The largest absolute Gasteiger partial charge is 0.340 e. The van der Waals surface area contributed by atoms with E-state index < -0.39 is 5.54 Å². The molecule has 2 amide bonds. The summed E-state index contributed by atoms with van der Waals surface area (Å²) in [5.74, 6) is 0.205. The van der Waals surface area contributed by atoms with Gasteiger partial charge in [-0.25, -0.2) is 0 Å². The predicted octanol–water partition coefficient (Wildman–Crippen LogP) is 3.11. The summed E-state index contributed by atoms with van der Waals surface area (Å²) < 4.78 is 0. The van der Waals surface area contributed by atoms with Crippen LogP contribution in [0.5, 0.6) is 0 Å². The van der Waals surface area contributed by atoms with Crippen molar-refractivity contribution in [2.24, 2.45) is 5.92 Å². The van der Waals surface area contributed by atoms with E-state index in [4.69, 9.17) is 0 Å². The molecule has 1 fully saturated rings. The van der Waals surface area contributed by atoms with Crippen molar-refractivity contribution in [2.45, 2.75) is 91.3 Å². The molecule has 1 aliphatic heterocycles. The Morgan fingerprint density at radius 1 is 1.14 bits per heavy atom. The molecule has 1 heterocycles. The molecule has 1 N–H and O–H groups in total. The molecule has 4 heteroatoms. The first kappa shape index (κ1) is 18.0. The maximum absolute atomic E-state index is 13.2. The highest BCUT2D eigenvalue weighted by atomic mass is 16.2. The van der Waals surface area contributed by atoms with Crippen LogP contribution in [-0.4, -0.2) is 33.8 Å². The molecule has 0 aromatic rings. The Labute approximate surface area is 129 Å². The molecule has 0 spiro atoms. The van der Waals surface area contributed by atoms with Crippen LogP contribution < -0.4 is 5.32 Å². The Morgan fingerprint density at radius 3 is 1.95 bits per heavy atom. The van der Waals surface area contributed by atoms with Gasteiger partial charge in [0.15, 0.2) is 0 Å². The summed E-state index contributed by atoms with van der Waals surface area (Å²) in [5.41, 5.74) is -0.993. The molecule has 0 radical (unpaired) electrons. The highest BCUT2D eigenvalue weighted by Gasteiger charge is 2.53. The summed E-state index contributed by atoms with van der Waals surface area (Å²) in [6.45, 7) is 14.3. The molecule has 1 saturated heterocycles. The Kier molecular flexibility index (Phi) is 5.46. The van der Waals surface area contributed by atoms with Crippen LogP contribution in [0.25, 0.3) is 0 Å². The highest BCUT2D eigenvalue weighted by Crippen LogP contribution is 2.36. The second kappa shape index (κ2) is 6.37. The van der Waals surface area contributed by atoms with Crippen LogP contribution in [0.4, 0.5) is 0 Å². The molecular formula is C17H32N2O2. The van der Waals surface area contributed by atoms with Crippen molar-refractivity contribution in [3.8, 4) is 0 Å². The van der Waals surface area contributed by atoms with Gasteiger partial charge in [-0.15, -0.1) is 0 Å². The average molecular weight is 296 g/mol. The van der Waals surface area contributed by atoms with Gasteiger partial charge in [0.1, 0.15) is 11.6 Å². The lowest BCUT2D eigenvalue weighted by Crippen LogP contribution is -2.74. The third-order valence-electron chi connectivity index (χ3n) is 5.48. The number of piperazine rings is 1. The Bertz CT molecular complexity index is 396. The second-order valence-electron chi connectivity index (χ2n) is 6.85. The molecule has 4 nitrogen and oxygen atoms in total. The van der Waals surface area contributed by atoms with Crippen LogP contribution in [0.15, 0.2) is 0 Å². The van der Waals surface area contributed by atoms with Gasteiger partial charge in [-0.1, -0.05) is 41.5 Å². The van der Waals surface area contributed by atoms with E-state index in [0.29, 0.717) is 12.8 Å². The summed E-state index contributed by atoms with van der Waals surface area (Å²) in [6.07, 6.45) is 2.99. The van der Waals surface area contributed by atoms with E-state index in [1.807, 2.05) is 32.6 Å². The van der Waals surface area contributed by atoms with Gasteiger partial charge in [0.05, 0.1) is 0 Å². The number of amides is 2. The first-order chi connectivity index (χ1) is 9.72. The number of nitrogens with one attached hydrogen (secondary N) is 1. The fourth-order valence-corrected chi connectivity index (χ4v) is 3.34. The van der Waals surface area contributed by atoms with Crippen LogP contribution in [0.1, 0.15) is 74.1 Å². The van der Waals surface area contributed by atoms with Crippen LogP contribution in [0, 0.1) is 5.92 Å². The second-order valence-corrected chi connectivity index (χ2v) is 6.85. The van der Waals surface area contributed by atoms with Crippen LogP contribution in [-0.2, 0) is 9.59 Å². The summed E-state index contributed by atoms with van der Waals surface area (Å²) in [7, 11) is 0. The molecule has 122 valence electrons. The van der Waals surface area contributed by atoms with Crippen molar-refractivity contribution in [3.05, 3.63) is 0 Å². The first-order valence-corrected chi connectivity index (χ1v) is 8.38. The van der Waals surface area contributed by atoms with Gasteiger partial charge in [-0.05, 0) is 38.5 Å². The number of carbonyl (C=O) groups excluding carboxylic acids is 2. The minimum atomic E-state index is -0.728. The molecule has 0 aromatic heterocycles. The zero-order valence-corrected chi connectivity index (χ0v) is 14.7. The van der Waals surface area contributed by atoms with Crippen LogP contribution in [0.3, 0.4) is 0 Å². The molecular weight excluding hydrogens is 264 g/mol. The molecule has 1 atom stereocenters. The Balaban J connectivity index is 3.41. The summed E-state index contributed by atoms with van der Waals surface area (Å²) in [4.78, 5) is 27.9. The van der Waals surface area contributed by atoms with Gasteiger partial charge in [-0.2, -0.15) is 0 Å². The lowest BCUT2D eigenvalue weighted by atomic mass is 9.80. The van der Waals surface area contributed by atoms with Gasteiger partial charge < -0.3 is 10.2 Å². The van der Waals surface area contributed by atoms with Crippen molar-refractivity contribution >= 4 is 11.8 Å². The van der Waals surface area contributed by atoms with E-state index >= 15 is 0 Å². The third-order valence-corrected chi connectivity index (χ3v) is 5.48. The van der Waals surface area contributed by atoms with E-state index in [9.17, 15) is 9.59 Å². The fraction of sp³-hybridized carbons (Fsp3) is 0.882. The molecule has 0 aromatic carbocycles. The normalized spacial score (nSPS) is 22.7. The summed E-state index contributed by atoms with van der Waals surface area (Å²) >= 11 is 0. The lowest BCUT2D eigenvalue weighted by Gasteiger charge is -2.53. The lowest BCUT2D eigenvalue weighted by molar-refractivity contribution is -0.166. The van der Waals surface area contributed by atoms with Crippen LogP contribution >= 0.6 is 0 Å². The van der Waals surface area contributed by atoms with Crippen molar-refractivity contribution in [1.29, 1.82) is 0 Å². The van der Waals surface area contributed by atoms with E-state index in [0.717, 1.165) is 12.8 Å². The van der Waals surface area contributed by atoms with Crippen molar-refractivity contribution in [1.82, 2.24) is 10.2 Å². The number of carbonyl (C=O) groups is 2. The third kappa shape index (κ3) is 2.82. The quantitative estimate of drug-likeness (QED) is 0.818. The Morgan fingerprint density at radius 2 is 1.62 bits per heavy atom. The average Bonchev–Trinajstić information content (AvgIpc) is 2.47. The van der Waals surface area contributed by atoms with Gasteiger partial charge in [0, 0.05) is 5.54 Å². The molecule has 0 saturated carbocycles.